The van der Waals surface area contributed by atoms with E-state index in [9.17, 15) is 4.79 Å². The van der Waals surface area contributed by atoms with Gasteiger partial charge in [-0.25, -0.2) is 0 Å². The Hall–Kier alpha value is -1.55. The molecule has 0 radical (unpaired) electrons. The third kappa shape index (κ3) is 5.75. The molecule has 0 bridgehead atoms. The highest BCUT2D eigenvalue weighted by molar-refractivity contribution is 5.69. The minimum Gasteiger partial charge on any atom is -0.494 e. The highest BCUT2D eigenvalue weighted by Crippen LogP contribution is 2.20. The van der Waals surface area contributed by atoms with Crippen molar-refractivity contribution in [1.82, 2.24) is 0 Å². The van der Waals surface area contributed by atoms with Crippen molar-refractivity contribution in [2.45, 2.75) is 39.2 Å². The zero-order chi connectivity index (χ0) is 14.1. The summed E-state index contributed by atoms with van der Waals surface area (Å²) in [6.07, 6.45) is 1.70. The molecule has 1 aromatic rings. The molecule has 0 saturated carbocycles. The fourth-order valence-electron chi connectivity index (χ4n) is 1.89. The summed E-state index contributed by atoms with van der Waals surface area (Å²) in [5, 5.41) is 0. The van der Waals surface area contributed by atoms with Crippen LogP contribution in [0, 0.1) is 0 Å². The van der Waals surface area contributed by atoms with Crippen molar-refractivity contribution in [2.24, 2.45) is 5.73 Å². The fraction of sp³-hybridized carbons (Fsp3) is 0.533. The number of esters is 1. The first-order valence-electron chi connectivity index (χ1n) is 6.79. The third-order valence-electron chi connectivity index (χ3n) is 2.78. The van der Waals surface area contributed by atoms with Crippen LogP contribution in [0.25, 0.3) is 0 Å². The van der Waals surface area contributed by atoms with Gasteiger partial charge in [-0.05, 0) is 38.3 Å². The van der Waals surface area contributed by atoms with Gasteiger partial charge >= 0.3 is 5.97 Å². The smallest absolute Gasteiger partial charge is 0.305 e. The Kier molecular flexibility index (Phi) is 6.97. The van der Waals surface area contributed by atoms with Gasteiger partial charge in [-0.15, -0.1) is 0 Å². The van der Waals surface area contributed by atoms with Crippen molar-refractivity contribution < 1.29 is 14.3 Å². The van der Waals surface area contributed by atoms with Gasteiger partial charge in [-0.3, -0.25) is 4.79 Å². The Bertz CT molecular complexity index is 393. The molecule has 0 fully saturated rings. The number of hydrogen-bond acceptors (Lipinski definition) is 4. The maximum atomic E-state index is 11.3. The second-order valence-corrected chi connectivity index (χ2v) is 4.35. The van der Waals surface area contributed by atoms with E-state index in [1.807, 2.05) is 31.2 Å². The quantitative estimate of drug-likeness (QED) is 0.733. The summed E-state index contributed by atoms with van der Waals surface area (Å²) < 4.78 is 10.4. The minimum atomic E-state index is -0.184. The Morgan fingerprint density at radius 1 is 1.26 bits per heavy atom. The third-order valence-corrected chi connectivity index (χ3v) is 2.78. The van der Waals surface area contributed by atoms with Crippen LogP contribution in [-0.2, 0) is 16.0 Å². The minimum absolute atomic E-state index is 0.0639. The van der Waals surface area contributed by atoms with E-state index in [4.69, 9.17) is 15.2 Å². The molecular formula is C15H23NO3. The Labute approximate surface area is 114 Å². The molecule has 1 rings (SSSR count). The number of nitrogens with two attached hydrogens (primary N) is 1. The van der Waals surface area contributed by atoms with Crippen LogP contribution >= 0.6 is 0 Å². The van der Waals surface area contributed by atoms with Gasteiger partial charge in [-0.1, -0.05) is 18.2 Å². The average molecular weight is 265 g/mol. The lowest BCUT2D eigenvalue weighted by Crippen LogP contribution is -2.24. The number of carbonyl (C=O) groups excluding carboxylic acids is 1. The standard InChI is InChI=1S/C15H23NO3/c1-3-18-14-8-6-5-7-12(14)11-13(16)9-10-15(17)19-4-2/h5-8,13H,3-4,9-11,16H2,1-2H3. The Morgan fingerprint density at radius 2 is 2.00 bits per heavy atom. The van der Waals surface area contributed by atoms with Crippen molar-refractivity contribution >= 4 is 5.97 Å². The maximum Gasteiger partial charge on any atom is 0.305 e. The average Bonchev–Trinajstić information content (AvgIpc) is 2.39. The first-order chi connectivity index (χ1) is 9.17. The van der Waals surface area contributed by atoms with Crippen LogP contribution < -0.4 is 10.5 Å². The molecule has 0 aliphatic heterocycles. The van der Waals surface area contributed by atoms with E-state index in [2.05, 4.69) is 0 Å². The van der Waals surface area contributed by atoms with E-state index in [1.165, 1.54) is 0 Å². The van der Waals surface area contributed by atoms with Crippen molar-refractivity contribution in [2.75, 3.05) is 13.2 Å². The molecule has 0 amide bonds. The number of ether oxygens (including phenoxy) is 2. The van der Waals surface area contributed by atoms with Gasteiger partial charge in [0, 0.05) is 12.5 Å². The van der Waals surface area contributed by atoms with Crippen molar-refractivity contribution in [3.8, 4) is 5.75 Å². The largest absolute Gasteiger partial charge is 0.494 e. The predicted octanol–water partition coefficient (Wildman–Crippen LogP) is 2.30. The van der Waals surface area contributed by atoms with Gasteiger partial charge < -0.3 is 15.2 Å². The highest BCUT2D eigenvalue weighted by Gasteiger charge is 2.11. The van der Waals surface area contributed by atoms with Crippen LogP contribution in [0.3, 0.4) is 0 Å². The van der Waals surface area contributed by atoms with Gasteiger partial charge in [0.1, 0.15) is 5.75 Å². The summed E-state index contributed by atoms with van der Waals surface area (Å²) in [6.45, 7) is 4.81. The molecule has 2 N–H and O–H groups in total. The van der Waals surface area contributed by atoms with E-state index in [1.54, 1.807) is 6.92 Å². The van der Waals surface area contributed by atoms with Crippen molar-refractivity contribution in [3.05, 3.63) is 29.8 Å². The Balaban J connectivity index is 2.47. The first kappa shape index (κ1) is 15.5. The van der Waals surface area contributed by atoms with E-state index < -0.39 is 0 Å². The van der Waals surface area contributed by atoms with Crippen molar-refractivity contribution in [1.29, 1.82) is 0 Å². The molecule has 0 aromatic heterocycles. The lowest BCUT2D eigenvalue weighted by atomic mass is 10.0. The summed E-state index contributed by atoms with van der Waals surface area (Å²) >= 11 is 0. The molecule has 1 atom stereocenters. The van der Waals surface area contributed by atoms with Crippen LogP contribution in [0.15, 0.2) is 24.3 Å². The van der Waals surface area contributed by atoms with Gasteiger partial charge in [-0.2, -0.15) is 0 Å². The second kappa shape index (κ2) is 8.53. The van der Waals surface area contributed by atoms with E-state index in [0.717, 1.165) is 11.3 Å². The molecule has 1 unspecified atom stereocenters. The van der Waals surface area contributed by atoms with Gasteiger partial charge in [0.05, 0.1) is 13.2 Å². The summed E-state index contributed by atoms with van der Waals surface area (Å²) in [6, 6.07) is 7.80. The van der Waals surface area contributed by atoms with E-state index >= 15 is 0 Å². The second-order valence-electron chi connectivity index (χ2n) is 4.35. The lowest BCUT2D eigenvalue weighted by Gasteiger charge is -2.14. The van der Waals surface area contributed by atoms with Gasteiger partial charge in [0.25, 0.3) is 0 Å². The Morgan fingerprint density at radius 3 is 2.68 bits per heavy atom. The topological polar surface area (TPSA) is 61.5 Å². The lowest BCUT2D eigenvalue weighted by molar-refractivity contribution is -0.143. The van der Waals surface area contributed by atoms with Crippen LogP contribution in [0.5, 0.6) is 5.75 Å². The molecule has 19 heavy (non-hydrogen) atoms. The zero-order valence-electron chi connectivity index (χ0n) is 11.7. The van der Waals surface area contributed by atoms with Crippen LogP contribution in [0.2, 0.25) is 0 Å². The normalized spacial score (nSPS) is 11.9. The predicted molar refractivity (Wildman–Crippen MR) is 75.2 cm³/mol. The summed E-state index contributed by atoms with van der Waals surface area (Å²) in [5.74, 6) is 0.688. The van der Waals surface area contributed by atoms with E-state index in [0.29, 0.717) is 32.5 Å². The molecule has 0 aliphatic rings. The van der Waals surface area contributed by atoms with Crippen LogP contribution in [0.1, 0.15) is 32.3 Å². The number of hydrogen-bond donors (Lipinski definition) is 1. The summed E-state index contributed by atoms with van der Waals surface area (Å²) in [7, 11) is 0. The summed E-state index contributed by atoms with van der Waals surface area (Å²) in [5.41, 5.74) is 7.14. The number of benzene rings is 1. The highest BCUT2D eigenvalue weighted by atomic mass is 16.5. The molecule has 0 saturated heterocycles. The molecule has 4 heteroatoms. The molecule has 1 aromatic carbocycles. The molecule has 106 valence electrons. The first-order valence-corrected chi connectivity index (χ1v) is 6.79. The summed E-state index contributed by atoms with van der Waals surface area (Å²) in [4.78, 5) is 11.3. The van der Waals surface area contributed by atoms with Crippen LogP contribution in [0.4, 0.5) is 0 Å². The maximum absolute atomic E-state index is 11.3. The number of rotatable bonds is 8. The fourth-order valence-corrected chi connectivity index (χ4v) is 1.89. The van der Waals surface area contributed by atoms with Crippen LogP contribution in [-0.4, -0.2) is 25.2 Å². The molecule has 0 spiro atoms. The molecular weight excluding hydrogens is 242 g/mol. The molecule has 0 heterocycles. The van der Waals surface area contributed by atoms with Gasteiger partial charge in [0.2, 0.25) is 0 Å². The SMILES string of the molecule is CCOC(=O)CCC(N)Cc1ccccc1OCC. The molecule has 0 aliphatic carbocycles. The monoisotopic (exact) mass is 265 g/mol. The van der Waals surface area contributed by atoms with E-state index in [-0.39, 0.29) is 12.0 Å². The zero-order valence-corrected chi connectivity index (χ0v) is 11.7. The van der Waals surface area contributed by atoms with Crippen molar-refractivity contribution in [3.63, 3.8) is 0 Å². The molecule has 4 nitrogen and oxygen atoms in total. The van der Waals surface area contributed by atoms with Gasteiger partial charge in [0.15, 0.2) is 0 Å². The number of para-hydroxylation sites is 1. The number of carbonyl (C=O) groups is 1.